The van der Waals surface area contributed by atoms with Crippen molar-refractivity contribution < 1.29 is 0 Å². The van der Waals surface area contributed by atoms with Gasteiger partial charge in [0.05, 0.1) is 0 Å². The summed E-state index contributed by atoms with van der Waals surface area (Å²) in [7, 11) is 2.25. The van der Waals surface area contributed by atoms with E-state index in [1.54, 1.807) is 5.56 Å². The second kappa shape index (κ2) is 6.73. The van der Waals surface area contributed by atoms with Gasteiger partial charge in [0.15, 0.2) is 0 Å². The Hall–Kier alpha value is -0.860. The largest absolute Gasteiger partial charge is 0.310 e. The fourth-order valence-corrected chi connectivity index (χ4v) is 3.71. The third-order valence-electron chi connectivity index (χ3n) is 5.07. The topological polar surface area (TPSA) is 15.3 Å². The van der Waals surface area contributed by atoms with E-state index < -0.39 is 0 Å². The third-order valence-corrected chi connectivity index (χ3v) is 5.07. The van der Waals surface area contributed by atoms with Crippen molar-refractivity contribution in [3.63, 3.8) is 0 Å². The maximum atomic E-state index is 3.64. The molecule has 0 bridgehead atoms. The minimum absolute atomic E-state index is 0.595. The molecule has 2 atom stereocenters. The van der Waals surface area contributed by atoms with Crippen LogP contribution in [-0.2, 0) is 0 Å². The lowest BCUT2D eigenvalue weighted by Gasteiger charge is -2.24. The van der Waals surface area contributed by atoms with Crippen molar-refractivity contribution in [3.8, 4) is 0 Å². The molecule has 0 amide bonds. The van der Waals surface area contributed by atoms with E-state index >= 15 is 0 Å². The Labute approximate surface area is 123 Å². The van der Waals surface area contributed by atoms with Crippen LogP contribution < -0.4 is 5.32 Å². The number of benzene rings is 1. The van der Waals surface area contributed by atoms with Crippen molar-refractivity contribution in [3.05, 3.63) is 35.4 Å². The summed E-state index contributed by atoms with van der Waals surface area (Å²) in [4.78, 5) is 2.47. The van der Waals surface area contributed by atoms with Crippen molar-refractivity contribution in [1.29, 1.82) is 0 Å². The summed E-state index contributed by atoms with van der Waals surface area (Å²) in [5.74, 6) is 0.772. The first-order valence-electron chi connectivity index (χ1n) is 8.35. The summed E-state index contributed by atoms with van der Waals surface area (Å²) in [5, 5.41) is 3.64. The van der Waals surface area contributed by atoms with Gasteiger partial charge in [-0.2, -0.15) is 0 Å². The maximum Gasteiger partial charge on any atom is 0.0320 e. The maximum absolute atomic E-state index is 3.64. The molecule has 0 spiro atoms. The first kappa shape index (κ1) is 14.1. The van der Waals surface area contributed by atoms with E-state index in [9.17, 15) is 0 Å². The van der Waals surface area contributed by atoms with Crippen molar-refractivity contribution in [1.82, 2.24) is 10.2 Å². The molecule has 0 aliphatic carbocycles. The molecule has 3 rings (SSSR count). The summed E-state index contributed by atoms with van der Waals surface area (Å²) in [5.41, 5.74) is 3.04. The highest BCUT2D eigenvalue weighted by Crippen LogP contribution is 2.30. The summed E-state index contributed by atoms with van der Waals surface area (Å²) in [6.45, 7) is 3.69. The quantitative estimate of drug-likeness (QED) is 0.883. The average Bonchev–Trinajstić information content (AvgIpc) is 2.73. The Morgan fingerprint density at radius 2 is 1.70 bits per heavy atom. The van der Waals surface area contributed by atoms with E-state index in [4.69, 9.17) is 0 Å². The van der Waals surface area contributed by atoms with Crippen LogP contribution in [0.25, 0.3) is 0 Å². The Bertz CT molecular complexity index is 406. The Balaban J connectivity index is 1.65. The van der Waals surface area contributed by atoms with Crippen LogP contribution in [0.5, 0.6) is 0 Å². The van der Waals surface area contributed by atoms with Gasteiger partial charge < -0.3 is 10.2 Å². The molecule has 0 aromatic heterocycles. The zero-order chi connectivity index (χ0) is 13.8. The third kappa shape index (κ3) is 3.42. The van der Waals surface area contributed by atoms with Crippen LogP contribution in [0.1, 0.15) is 61.6 Å². The molecule has 2 fully saturated rings. The van der Waals surface area contributed by atoms with Crippen LogP contribution >= 0.6 is 0 Å². The number of nitrogens with one attached hydrogen (secondary N) is 1. The van der Waals surface area contributed by atoms with Crippen LogP contribution in [0.3, 0.4) is 0 Å². The monoisotopic (exact) mass is 272 g/mol. The van der Waals surface area contributed by atoms with Gasteiger partial charge in [-0.1, -0.05) is 30.7 Å². The molecule has 2 aliphatic heterocycles. The van der Waals surface area contributed by atoms with Gasteiger partial charge in [0.1, 0.15) is 0 Å². The van der Waals surface area contributed by atoms with E-state index in [2.05, 4.69) is 41.5 Å². The molecular weight excluding hydrogens is 244 g/mol. The molecule has 2 nitrogen and oxygen atoms in total. The highest BCUT2D eigenvalue weighted by Gasteiger charge is 2.18. The van der Waals surface area contributed by atoms with E-state index in [-0.39, 0.29) is 0 Å². The molecule has 0 radical (unpaired) electrons. The Morgan fingerprint density at radius 1 is 0.900 bits per heavy atom. The molecule has 2 saturated heterocycles. The smallest absolute Gasteiger partial charge is 0.0320 e. The first-order valence-corrected chi connectivity index (χ1v) is 8.35. The zero-order valence-electron chi connectivity index (χ0n) is 12.8. The van der Waals surface area contributed by atoms with Crippen molar-refractivity contribution in [2.24, 2.45) is 0 Å². The molecule has 1 aromatic carbocycles. The number of hydrogen-bond acceptors (Lipinski definition) is 2. The van der Waals surface area contributed by atoms with Gasteiger partial charge in [-0.25, -0.2) is 0 Å². The van der Waals surface area contributed by atoms with Gasteiger partial charge in [0.25, 0.3) is 0 Å². The normalized spacial score (nSPS) is 29.1. The summed E-state index contributed by atoms with van der Waals surface area (Å²) < 4.78 is 0. The van der Waals surface area contributed by atoms with E-state index in [1.807, 2.05) is 0 Å². The molecular formula is C18H28N2. The standard InChI is InChI=1S/C18H28N2/c1-20-13-4-5-15(11-14-20)16-7-9-17(10-8-16)18-6-2-3-12-19-18/h7-10,15,18-19H,2-6,11-14H2,1H3. The van der Waals surface area contributed by atoms with Crippen molar-refractivity contribution in [2.45, 2.75) is 50.5 Å². The Kier molecular flexibility index (Phi) is 4.74. The predicted molar refractivity (Wildman–Crippen MR) is 85.1 cm³/mol. The number of likely N-dealkylation sites (tertiary alicyclic amines) is 1. The summed E-state index contributed by atoms with van der Waals surface area (Å²) in [6.07, 6.45) is 8.02. The minimum atomic E-state index is 0.595. The van der Waals surface area contributed by atoms with Gasteiger partial charge in [0.2, 0.25) is 0 Å². The number of piperidine rings is 1. The van der Waals surface area contributed by atoms with Crippen molar-refractivity contribution in [2.75, 3.05) is 26.7 Å². The van der Waals surface area contributed by atoms with E-state index in [1.165, 1.54) is 63.7 Å². The molecule has 1 N–H and O–H groups in total. The molecule has 1 aromatic rings. The van der Waals surface area contributed by atoms with Gasteiger partial charge in [-0.15, -0.1) is 0 Å². The lowest BCUT2D eigenvalue weighted by molar-refractivity contribution is 0.347. The molecule has 110 valence electrons. The zero-order valence-corrected chi connectivity index (χ0v) is 12.8. The molecule has 2 heteroatoms. The lowest BCUT2D eigenvalue weighted by atomic mass is 9.90. The van der Waals surface area contributed by atoms with Crippen molar-refractivity contribution >= 4 is 0 Å². The summed E-state index contributed by atoms with van der Waals surface area (Å²) in [6, 6.07) is 10.1. The molecule has 2 aliphatic rings. The van der Waals surface area contributed by atoms with Crippen LogP contribution in [-0.4, -0.2) is 31.6 Å². The fourth-order valence-electron chi connectivity index (χ4n) is 3.71. The SMILES string of the molecule is CN1CCCC(c2ccc(C3CCCCN3)cc2)CC1. The predicted octanol–water partition coefficient (Wildman–Crippen LogP) is 3.70. The van der Waals surface area contributed by atoms with Crippen LogP contribution in [0.2, 0.25) is 0 Å². The minimum Gasteiger partial charge on any atom is -0.310 e. The van der Waals surface area contributed by atoms with Crippen LogP contribution in [0.15, 0.2) is 24.3 Å². The average molecular weight is 272 g/mol. The molecule has 0 saturated carbocycles. The highest BCUT2D eigenvalue weighted by atomic mass is 15.1. The Morgan fingerprint density at radius 3 is 2.45 bits per heavy atom. The molecule has 20 heavy (non-hydrogen) atoms. The first-order chi connectivity index (χ1) is 9.83. The van der Waals surface area contributed by atoms with Crippen LogP contribution in [0, 0.1) is 0 Å². The van der Waals surface area contributed by atoms with Gasteiger partial charge >= 0.3 is 0 Å². The van der Waals surface area contributed by atoms with Crippen LogP contribution in [0.4, 0.5) is 0 Å². The number of nitrogens with zero attached hydrogens (tertiary/aromatic N) is 1. The van der Waals surface area contributed by atoms with Gasteiger partial charge in [-0.3, -0.25) is 0 Å². The molecule has 2 heterocycles. The number of rotatable bonds is 2. The fraction of sp³-hybridized carbons (Fsp3) is 0.667. The highest BCUT2D eigenvalue weighted by molar-refractivity contribution is 5.28. The molecule has 2 unspecified atom stereocenters. The summed E-state index contributed by atoms with van der Waals surface area (Å²) >= 11 is 0. The van der Waals surface area contributed by atoms with E-state index in [0.29, 0.717) is 6.04 Å². The van der Waals surface area contributed by atoms with E-state index in [0.717, 1.165) is 5.92 Å². The van der Waals surface area contributed by atoms with Gasteiger partial charge in [-0.05, 0) is 75.8 Å². The van der Waals surface area contributed by atoms with Gasteiger partial charge in [0, 0.05) is 6.04 Å². The number of hydrogen-bond donors (Lipinski definition) is 1. The second-order valence-corrected chi connectivity index (χ2v) is 6.60. The second-order valence-electron chi connectivity index (χ2n) is 6.60. The lowest BCUT2D eigenvalue weighted by Crippen LogP contribution is -2.26.